The predicted molar refractivity (Wildman–Crippen MR) is 111 cm³/mol. The van der Waals surface area contributed by atoms with Crippen molar-refractivity contribution in [3.05, 3.63) is 53.7 Å². The highest BCUT2D eigenvalue weighted by Crippen LogP contribution is 2.31. The molecule has 0 N–H and O–H groups in total. The highest BCUT2D eigenvalue weighted by molar-refractivity contribution is 7.91. The van der Waals surface area contributed by atoms with Crippen LogP contribution >= 0.6 is 0 Å². The Kier molecular flexibility index (Phi) is 5.73. The number of nitrogens with zero attached hydrogens (tertiary/aromatic N) is 4. The van der Waals surface area contributed by atoms with Gasteiger partial charge in [-0.2, -0.15) is 0 Å². The summed E-state index contributed by atoms with van der Waals surface area (Å²) in [6.45, 7) is 3.38. The van der Waals surface area contributed by atoms with Crippen molar-refractivity contribution in [1.29, 1.82) is 0 Å². The van der Waals surface area contributed by atoms with Gasteiger partial charge in [-0.1, -0.05) is 12.1 Å². The van der Waals surface area contributed by atoms with Crippen LogP contribution in [-0.2, 0) is 14.6 Å². The summed E-state index contributed by atoms with van der Waals surface area (Å²) in [5.74, 6) is 0.109. The van der Waals surface area contributed by atoms with Crippen LogP contribution in [0.15, 0.2) is 36.7 Å². The van der Waals surface area contributed by atoms with Gasteiger partial charge in [-0.25, -0.2) is 17.8 Å². The van der Waals surface area contributed by atoms with E-state index in [9.17, 15) is 17.6 Å². The fourth-order valence-electron chi connectivity index (χ4n) is 4.17. The molecular weight excluding hydrogens is 407 g/mol. The van der Waals surface area contributed by atoms with Crippen LogP contribution in [0.4, 0.5) is 10.2 Å². The molecule has 2 saturated heterocycles. The molecule has 30 heavy (non-hydrogen) atoms. The van der Waals surface area contributed by atoms with Crippen LogP contribution in [0.1, 0.15) is 30.1 Å². The Morgan fingerprint density at radius 1 is 1.13 bits per heavy atom. The standard InChI is InChI=1S/C21H25FN4O3S/c1-15-12-24-20(13-23-15)25-7-8-26(19(14-25)17-3-2-4-18(22)11-17)21(27)16-5-9-30(28,29)10-6-16/h2-4,11-13,16,19H,5-10,14H2,1H3. The molecule has 2 aliphatic heterocycles. The lowest BCUT2D eigenvalue weighted by atomic mass is 9.96. The van der Waals surface area contributed by atoms with Crippen LogP contribution in [0.5, 0.6) is 0 Å². The zero-order valence-electron chi connectivity index (χ0n) is 16.9. The van der Waals surface area contributed by atoms with Crippen LogP contribution < -0.4 is 4.90 Å². The summed E-state index contributed by atoms with van der Waals surface area (Å²) in [7, 11) is -3.04. The summed E-state index contributed by atoms with van der Waals surface area (Å²) in [4.78, 5) is 25.9. The molecule has 1 atom stereocenters. The van der Waals surface area contributed by atoms with E-state index in [0.717, 1.165) is 17.1 Å². The van der Waals surface area contributed by atoms with Crippen LogP contribution in [0.2, 0.25) is 0 Å². The van der Waals surface area contributed by atoms with Crippen molar-refractivity contribution in [2.24, 2.45) is 5.92 Å². The number of sulfone groups is 1. The van der Waals surface area contributed by atoms with Gasteiger partial charge >= 0.3 is 0 Å². The predicted octanol–water partition coefficient (Wildman–Crippen LogP) is 2.14. The summed E-state index contributed by atoms with van der Waals surface area (Å²) >= 11 is 0. The smallest absolute Gasteiger partial charge is 0.226 e. The molecule has 0 radical (unpaired) electrons. The number of carbonyl (C=O) groups is 1. The van der Waals surface area contributed by atoms with E-state index in [2.05, 4.69) is 14.9 Å². The maximum atomic E-state index is 13.9. The van der Waals surface area contributed by atoms with Crippen LogP contribution in [0.3, 0.4) is 0 Å². The topological polar surface area (TPSA) is 83.5 Å². The minimum absolute atomic E-state index is 0.0474. The Labute approximate surface area is 175 Å². The molecule has 3 heterocycles. The van der Waals surface area contributed by atoms with E-state index in [1.807, 2.05) is 13.0 Å². The molecule has 0 spiro atoms. The Morgan fingerprint density at radius 3 is 2.57 bits per heavy atom. The second kappa shape index (κ2) is 8.29. The van der Waals surface area contributed by atoms with E-state index < -0.39 is 9.84 Å². The number of halogens is 1. The summed E-state index contributed by atoms with van der Waals surface area (Å²) in [5, 5.41) is 0. The summed E-state index contributed by atoms with van der Waals surface area (Å²) in [6.07, 6.45) is 4.11. The van der Waals surface area contributed by atoms with Gasteiger partial charge in [-0.05, 0) is 37.5 Å². The molecule has 9 heteroatoms. The summed E-state index contributed by atoms with van der Waals surface area (Å²) in [5.41, 5.74) is 1.54. The number of aryl methyl sites for hydroxylation is 1. The first-order valence-corrected chi connectivity index (χ1v) is 11.9. The number of rotatable bonds is 3. The number of anilines is 1. The zero-order chi connectivity index (χ0) is 21.3. The largest absolute Gasteiger partial charge is 0.351 e. The minimum atomic E-state index is -3.04. The molecule has 1 amide bonds. The van der Waals surface area contributed by atoms with Crippen molar-refractivity contribution in [2.45, 2.75) is 25.8 Å². The lowest BCUT2D eigenvalue weighted by Gasteiger charge is -2.43. The van der Waals surface area contributed by atoms with Gasteiger partial charge in [-0.3, -0.25) is 9.78 Å². The first-order valence-electron chi connectivity index (χ1n) is 10.1. The van der Waals surface area contributed by atoms with Gasteiger partial charge < -0.3 is 9.80 Å². The van der Waals surface area contributed by atoms with Gasteiger partial charge in [-0.15, -0.1) is 0 Å². The maximum Gasteiger partial charge on any atom is 0.226 e. The summed E-state index contributed by atoms with van der Waals surface area (Å²) in [6, 6.07) is 5.96. The number of hydrogen-bond donors (Lipinski definition) is 0. The third kappa shape index (κ3) is 4.45. The molecule has 1 aromatic carbocycles. The van der Waals surface area contributed by atoms with Crippen molar-refractivity contribution >= 4 is 21.6 Å². The van der Waals surface area contributed by atoms with Gasteiger partial charge in [0, 0.05) is 25.6 Å². The minimum Gasteiger partial charge on any atom is -0.351 e. The molecule has 2 aromatic rings. The molecule has 0 saturated carbocycles. The van der Waals surface area contributed by atoms with Gasteiger partial charge in [0.25, 0.3) is 0 Å². The third-order valence-corrected chi connectivity index (χ3v) is 7.61. The lowest BCUT2D eigenvalue weighted by Crippen LogP contribution is -2.53. The van der Waals surface area contributed by atoms with Crippen molar-refractivity contribution in [2.75, 3.05) is 36.0 Å². The zero-order valence-corrected chi connectivity index (χ0v) is 17.7. The average molecular weight is 433 g/mol. The molecule has 2 aliphatic rings. The SMILES string of the molecule is Cc1cnc(N2CCN(C(=O)C3CCS(=O)(=O)CC3)C(c3cccc(F)c3)C2)cn1. The number of carbonyl (C=O) groups excluding carboxylic acids is 1. The van der Waals surface area contributed by atoms with Gasteiger partial charge in [0.2, 0.25) is 5.91 Å². The maximum absolute atomic E-state index is 13.9. The highest BCUT2D eigenvalue weighted by Gasteiger charge is 2.37. The monoisotopic (exact) mass is 432 g/mol. The van der Waals surface area contributed by atoms with Crippen LogP contribution in [-0.4, -0.2) is 60.3 Å². The number of piperazine rings is 1. The van der Waals surface area contributed by atoms with E-state index in [1.165, 1.54) is 12.1 Å². The van der Waals surface area contributed by atoms with Gasteiger partial charge in [0.15, 0.2) is 0 Å². The Hall–Kier alpha value is -2.55. The molecule has 7 nitrogen and oxygen atoms in total. The third-order valence-electron chi connectivity index (χ3n) is 5.89. The van der Waals surface area contributed by atoms with Crippen molar-refractivity contribution in [3.63, 3.8) is 0 Å². The Balaban J connectivity index is 1.59. The van der Waals surface area contributed by atoms with Gasteiger partial charge in [0.1, 0.15) is 21.5 Å². The number of benzene rings is 1. The Bertz CT molecular complexity index is 1010. The normalized spacial score (nSPS) is 22.1. The van der Waals surface area contributed by atoms with E-state index in [4.69, 9.17) is 0 Å². The molecule has 2 fully saturated rings. The van der Waals surface area contributed by atoms with E-state index in [-0.39, 0.29) is 35.2 Å². The fraction of sp³-hybridized carbons (Fsp3) is 0.476. The van der Waals surface area contributed by atoms with E-state index in [0.29, 0.717) is 32.5 Å². The molecule has 160 valence electrons. The lowest BCUT2D eigenvalue weighted by molar-refractivity contribution is -0.138. The molecule has 0 bridgehead atoms. The van der Waals surface area contributed by atoms with E-state index in [1.54, 1.807) is 23.4 Å². The highest BCUT2D eigenvalue weighted by atomic mass is 32.2. The van der Waals surface area contributed by atoms with Crippen LogP contribution in [0.25, 0.3) is 0 Å². The van der Waals surface area contributed by atoms with E-state index >= 15 is 0 Å². The molecule has 1 aromatic heterocycles. The first-order chi connectivity index (χ1) is 14.3. The number of aromatic nitrogens is 2. The second-order valence-electron chi connectivity index (χ2n) is 7.99. The molecule has 4 rings (SSSR count). The fourth-order valence-corrected chi connectivity index (χ4v) is 5.67. The van der Waals surface area contributed by atoms with Crippen molar-refractivity contribution in [1.82, 2.24) is 14.9 Å². The summed E-state index contributed by atoms with van der Waals surface area (Å²) < 4.78 is 37.5. The molecule has 0 aliphatic carbocycles. The Morgan fingerprint density at radius 2 is 1.90 bits per heavy atom. The molecule has 1 unspecified atom stereocenters. The first kappa shape index (κ1) is 20.7. The number of hydrogen-bond acceptors (Lipinski definition) is 6. The van der Waals surface area contributed by atoms with Crippen molar-refractivity contribution < 1.29 is 17.6 Å². The molecular formula is C21H25FN4O3S. The quantitative estimate of drug-likeness (QED) is 0.739. The van der Waals surface area contributed by atoms with Gasteiger partial charge in [0.05, 0.1) is 35.6 Å². The van der Waals surface area contributed by atoms with Crippen molar-refractivity contribution in [3.8, 4) is 0 Å². The number of amides is 1. The second-order valence-corrected chi connectivity index (χ2v) is 10.3. The average Bonchev–Trinajstić information content (AvgIpc) is 2.73. The van der Waals surface area contributed by atoms with Crippen LogP contribution in [0, 0.1) is 18.7 Å².